The lowest BCUT2D eigenvalue weighted by Gasteiger charge is -2.25. The van der Waals surface area contributed by atoms with E-state index in [0.717, 1.165) is 38.3 Å². The lowest BCUT2D eigenvalue weighted by atomic mass is 10.2. The first-order valence-electron chi connectivity index (χ1n) is 8.73. The molecule has 0 amide bonds. The van der Waals surface area contributed by atoms with Gasteiger partial charge in [-0.3, -0.25) is 9.69 Å². The zero-order valence-electron chi connectivity index (χ0n) is 15.0. The van der Waals surface area contributed by atoms with Crippen LogP contribution in [-0.4, -0.2) is 41.4 Å². The average Bonchev–Trinajstić information content (AvgIpc) is 2.78. The number of Topliss-reactive ketones (excluding diaryl/α,β-unsaturated/α-hetero) is 1. The number of carbonyl (C=O) groups is 1. The molecule has 3 rings (SSSR count). The minimum Gasteiger partial charge on any atom is -0.370 e. The van der Waals surface area contributed by atoms with Gasteiger partial charge in [-0.05, 0) is 38.0 Å². The van der Waals surface area contributed by atoms with E-state index in [1.807, 2.05) is 19.3 Å². The molecule has 0 atom stereocenters. The average molecular weight is 325 g/mol. The van der Waals surface area contributed by atoms with Crippen molar-refractivity contribution in [1.29, 1.82) is 0 Å². The van der Waals surface area contributed by atoms with E-state index in [1.165, 1.54) is 23.4 Å². The Balaban J connectivity index is 1.66. The van der Waals surface area contributed by atoms with Gasteiger partial charge in [0, 0.05) is 62.9 Å². The molecule has 1 aromatic heterocycles. The predicted molar refractivity (Wildman–Crippen MR) is 98.7 cm³/mol. The van der Waals surface area contributed by atoms with Gasteiger partial charge in [0.15, 0.2) is 5.78 Å². The minimum absolute atomic E-state index is 0.137. The number of para-hydroxylation sites is 1. The number of aromatic nitrogens is 1. The van der Waals surface area contributed by atoms with Crippen molar-refractivity contribution in [2.24, 2.45) is 7.05 Å². The summed E-state index contributed by atoms with van der Waals surface area (Å²) < 4.78 is 2.08. The van der Waals surface area contributed by atoms with E-state index >= 15 is 0 Å². The second-order valence-corrected chi connectivity index (χ2v) is 6.79. The Morgan fingerprint density at radius 1 is 1.12 bits per heavy atom. The fraction of sp³-hybridized carbons (Fsp3) is 0.450. The molecule has 0 spiro atoms. The van der Waals surface area contributed by atoms with Gasteiger partial charge in [-0.1, -0.05) is 18.2 Å². The highest BCUT2D eigenvalue weighted by Gasteiger charge is 2.17. The van der Waals surface area contributed by atoms with Gasteiger partial charge in [0.2, 0.25) is 0 Å². The molecule has 1 saturated heterocycles. The normalized spacial score (nSPS) is 16.2. The third-order valence-electron chi connectivity index (χ3n) is 4.94. The highest BCUT2D eigenvalue weighted by atomic mass is 16.1. The second kappa shape index (κ2) is 7.22. The molecule has 0 bridgehead atoms. The van der Waals surface area contributed by atoms with Gasteiger partial charge in [-0.15, -0.1) is 0 Å². The monoisotopic (exact) mass is 325 g/mol. The molecule has 1 aliphatic heterocycles. The van der Waals surface area contributed by atoms with Crippen molar-refractivity contribution < 1.29 is 4.79 Å². The van der Waals surface area contributed by atoms with Crippen LogP contribution in [-0.2, 0) is 13.6 Å². The maximum atomic E-state index is 11.6. The number of benzene rings is 1. The van der Waals surface area contributed by atoms with Crippen molar-refractivity contribution in [2.45, 2.75) is 26.8 Å². The van der Waals surface area contributed by atoms with Crippen molar-refractivity contribution in [1.82, 2.24) is 9.47 Å². The zero-order valence-corrected chi connectivity index (χ0v) is 15.0. The van der Waals surface area contributed by atoms with E-state index in [9.17, 15) is 4.79 Å². The Kier molecular flexibility index (Phi) is 5.05. The van der Waals surface area contributed by atoms with Crippen LogP contribution < -0.4 is 4.90 Å². The number of hydrogen-bond acceptors (Lipinski definition) is 3. The van der Waals surface area contributed by atoms with E-state index in [-0.39, 0.29) is 5.78 Å². The molecule has 2 aromatic rings. The number of anilines is 1. The van der Waals surface area contributed by atoms with Gasteiger partial charge in [0.25, 0.3) is 0 Å². The van der Waals surface area contributed by atoms with E-state index in [1.54, 1.807) is 6.92 Å². The first-order valence-corrected chi connectivity index (χ1v) is 8.73. The highest BCUT2D eigenvalue weighted by molar-refractivity contribution is 5.94. The second-order valence-electron chi connectivity index (χ2n) is 6.79. The Bertz CT molecular complexity index is 719. The maximum Gasteiger partial charge on any atom is 0.161 e. The molecule has 4 heteroatoms. The van der Waals surface area contributed by atoms with Crippen LogP contribution in [0.5, 0.6) is 0 Å². The van der Waals surface area contributed by atoms with Crippen LogP contribution in [0.2, 0.25) is 0 Å². The summed E-state index contributed by atoms with van der Waals surface area (Å²) >= 11 is 0. The zero-order chi connectivity index (χ0) is 17.1. The third-order valence-corrected chi connectivity index (χ3v) is 4.94. The molecule has 0 radical (unpaired) electrons. The number of aryl methyl sites for hydroxylation is 2. The van der Waals surface area contributed by atoms with Crippen molar-refractivity contribution in [3.05, 3.63) is 53.3 Å². The van der Waals surface area contributed by atoms with Crippen LogP contribution in [0, 0.1) is 6.92 Å². The molecular formula is C20H27N3O. The van der Waals surface area contributed by atoms with Gasteiger partial charge < -0.3 is 9.47 Å². The number of nitrogens with zero attached hydrogens (tertiary/aromatic N) is 3. The number of rotatable bonds is 4. The molecule has 128 valence electrons. The van der Waals surface area contributed by atoms with E-state index < -0.39 is 0 Å². The van der Waals surface area contributed by atoms with E-state index in [4.69, 9.17) is 0 Å². The van der Waals surface area contributed by atoms with Crippen molar-refractivity contribution in [2.75, 3.05) is 31.1 Å². The van der Waals surface area contributed by atoms with Crippen molar-refractivity contribution in [3.63, 3.8) is 0 Å². The molecule has 0 aliphatic carbocycles. The largest absolute Gasteiger partial charge is 0.370 e. The predicted octanol–water partition coefficient (Wildman–Crippen LogP) is 3.25. The Hall–Kier alpha value is -2.07. The molecule has 0 N–H and O–H groups in total. The maximum absolute atomic E-state index is 11.6. The Morgan fingerprint density at radius 3 is 2.62 bits per heavy atom. The molecule has 0 saturated carbocycles. The van der Waals surface area contributed by atoms with Crippen molar-refractivity contribution >= 4 is 11.5 Å². The van der Waals surface area contributed by atoms with Crippen molar-refractivity contribution in [3.8, 4) is 0 Å². The van der Waals surface area contributed by atoms with Crippen LogP contribution in [0.25, 0.3) is 0 Å². The Morgan fingerprint density at radius 2 is 1.92 bits per heavy atom. The standard InChI is InChI=1S/C20H27N3O/c1-16-7-4-5-8-20(16)23-10-6-9-22(11-12-23)15-19-13-18(17(2)24)14-21(19)3/h4-5,7-8,13-14H,6,9-12,15H2,1-3H3. The van der Waals surface area contributed by atoms with E-state index in [2.05, 4.69) is 45.6 Å². The van der Waals surface area contributed by atoms with Gasteiger partial charge in [0.1, 0.15) is 0 Å². The first kappa shape index (κ1) is 16.8. The highest BCUT2D eigenvalue weighted by Crippen LogP contribution is 2.21. The quantitative estimate of drug-likeness (QED) is 0.808. The lowest BCUT2D eigenvalue weighted by Crippen LogP contribution is -2.31. The van der Waals surface area contributed by atoms with Gasteiger partial charge >= 0.3 is 0 Å². The summed E-state index contributed by atoms with van der Waals surface area (Å²) in [5, 5.41) is 0. The SMILES string of the molecule is CC(=O)c1cc(CN2CCCN(c3ccccc3C)CC2)n(C)c1. The van der Waals surface area contributed by atoms with Crippen LogP contribution in [0.1, 0.15) is 35.0 Å². The molecular weight excluding hydrogens is 298 g/mol. The fourth-order valence-electron chi connectivity index (χ4n) is 3.48. The summed E-state index contributed by atoms with van der Waals surface area (Å²) in [5.41, 5.74) is 4.73. The summed E-state index contributed by atoms with van der Waals surface area (Å²) in [6.07, 6.45) is 3.10. The third kappa shape index (κ3) is 3.70. The van der Waals surface area contributed by atoms with Gasteiger partial charge in [-0.2, -0.15) is 0 Å². The topological polar surface area (TPSA) is 28.5 Å². The molecule has 24 heavy (non-hydrogen) atoms. The summed E-state index contributed by atoms with van der Waals surface area (Å²) in [5.74, 6) is 0.137. The van der Waals surface area contributed by atoms with Crippen LogP contribution in [0.15, 0.2) is 36.5 Å². The number of hydrogen-bond donors (Lipinski definition) is 0. The summed E-state index contributed by atoms with van der Waals surface area (Å²) in [4.78, 5) is 16.6. The molecule has 0 unspecified atom stereocenters. The first-order chi connectivity index (χ1) is 11.5. The summed E-state index contributed by atoms with van der Waals surface area (Å²) in [7, 11) is 2.03. The summed E-state index contributed by atoms with van der Waals surface area (Å²) in [6, 6.07) is 10.7. The molecule has 1 aromatic carbocycles. The fourth-order valence-corrected chi connectivity index (χ4v) is 3.48. The smallest absolute Gasteiger partial charge is 0.161 e. The van der Waals surface area contributed by atoms with Gasteiger partial charge in [-0.25, -0.2) is 0 Å². The molecule has 2 heterocycles. The molecule has 1 aliphatic rings. The van der Waals surface area contributed by atoms with Gasteiger partial charge in [0.05, 0.1) is 0 Å². The Labute approximate surface area is 144 Å². The summed E-state index contributed by atoms with van der Waals surface area (Å²) in [6.45, 7) is 9.03. The molecule has 4 nitrogen and oxygen atoms in total. The van der Waals surface area contributed by atoms with Crippen LogP contribution in [0.3, 0.4) is 0 Å². The number of ketones is 1. The minimum atomic E-state index is 0.137. The van der Waals surface area contributed by atoms with Crippen LogP contribution in [0.4, 0.5) is 5.69 Å². The molecule has 1 fully saturated rings. The van der Waals surface area contributed by atoms with Crippen LogP contribution >= 0.6 is 0 Å². The number of carbonyl (C=O) groups excluding carboxylic acids is 1. The van der Waals surface area contributed by atoms with E-state index in [0.29, 0.717) is 0 Å². The lowest BCUT2D eigenvalue weighted by molar-refractivity contribution is 0.101.